The lowest BCUT2D eigenvalue weighted by Crippen LogP contribution is -2.26. The van der Waals surface area contributed by atoms with E-state index < -0.39 is 30.0 Å². The summed E-state index contributed by atoms with van der Waals surface area (Å²) in [5, 5.41) is -0.473. The van der Waals surface area contributed by atoms with E-state index >= 15 is 0 Å². The number of halogens is 4. The lowest BCUT2D eigenvalue weighted by atomic mass is 10.2. The molecular weight excluding hydrogens is 284 g/mol. The Kier molecular flexibility index (Phi) is 8.45. The molecule has 0 aromatic heterocycles. The van der Waals surface area contributed by atoms with Gasteiger partial charge in [0.05, 0.1) is 11.9 Å². The molecule has 2 nitrogen and oxygen atoms in total. The molecule has 0 fully saturated rings. The highest BCUT2D eigenvalue weighted by Gasteiger charge is 2.39. The molecule has 0 rings (SSSR count). The van der Waals surface area contributed by atoms with E-state index in [0.29, 0.717) is 6.61 Å². The summed E-state index contributed by atoms with van der Waals surface area (Å²) in [4.78, 5) is 11.4. The predicted molar refractivity (Wildman–Crippen MR) is 67.9 cm³/mol. The summed E-state index contributed by atoms with van der Waals surface area (Å²) < 4.78 is 53.9. The third kappa shape index (κ3) is 8.34. The van der Waals surface area contributed by atoms with E-state index in [1.165, 1.54) is 0 Å². The molecule has 1 atom stereocenters. The molecule has 0 bridgehead atoms. The molecule has 7 heteroatoms. The van der Waals surface area contributed by atoms with Gasteiger partial charge in [0.15, 0.2) is 0 Å². The van der Waals surface area contributed by atoms with Crippen LogP contribution in [0, 0.1) is 5.92 Å². The molecule has 0 saturated carbocycles. The number of carbonyl (C=O) groups excluding carboxylic acids is 1. The first-order valence-corrected chi connectivity index (χ1v) is 7.16. The zero-order chi connectivity index (χ0) is 15.1. The first-order valence-electron chi connectivity index (χ1n) is 6.11. The summed E-state index contributed by atoms with van der Waals surface area (Å²) in [6, 6.07) is 0. The molecule has 0 spiro atoms. The van der Waals surface area contributed by atoms with Crippen molar-refractivity contribution in [1.29, 1.82) is 0 Å². The van der Waals surface area contributed by atoms with Gasteiger partial charge in [-0.15, -0.1) is 11.8 Å². The average molecular weight is 304 g/mol. The molecule has 0 aliphatic heterocycles. The Morgan fingerprint density at radius 2 is 1.84 bits per heavy atom. The van der Waals surface area contributed by atoms with Gasteiger partial charge in [-0.3, -0.25) is 4.79 Å². The minimum absolute atomic E-state index is 0.0657. The molecule has 0 amide bonds. The van der Waals surface area contributed by atoms with Gasteiger partial charge >= 0.3 is 18.3 Å². The second-order valence-electron chi connectivity index (χ2n) is 4.70. The van der Waals surface area contributed by atoms with Crippen LogP contribution in [0.25, 0.3) is 0 Å². The Bertz CT molecular complexity index is 272. The van der Waals surface area contributed by atoms with Crippen molar-refractivity contribution in [2.45, 2.75) is 51.2 Å². The highest BCUT2D eigenvalue weighted by Crippen LogP contribution is 2.29. The summed E-state index contributed by atoms with van der Waals surface area (Å²) in [6.07, 6.45) is -4.57. The molecule has 1 unspecified atom stereocenters. The largest absolute Gasteiger partial charge is 0.465 e. The fraction of sp³-hybridized carbons (Fsp3) is 0.917. The van der Waals surface area contributed by atoms with Crippen LogP contribution < -0.4 is 0 Å². The first kappa shape index (κ1) is 18.5. The van der Waals surface area contributed by atoms with E-state index in [-0.39, 0.29) is 18.1 Å². The van der Waals surface area contributed by atoms with Crippen molar-refractivity contribution in [3.63, 3.8) is 0 Å². The summed E-state index contributed by atoms with van der Waals surface area (Å²) >= 11 is 1.14. The molecule has 0 aromatic rings. The number of hydrogen-bond donors (Lipinski definition) is 0. The van der Waals surface area contributed by atoms with E-state index in [0.717, 1.165) is 11.8 Å². The predicted octanol–water partition coefficient (Wildman–Crippen LogP) is 3.99. The van der Waals surface area contributed by atoms with Gasteiger partial charge in [0.25, 0.3) is 0 Å². The number of esters is 1. The molecule has 19 heavy (non-hydrogen) atoms. The molecule has 0 aliphatic rings. The van der Waals surface area contributed by atoms with Gasteiger partial charge < -0.3 is 4.74 Å². The van der Waals surface area contributed by atoms with E-state index in [4.69, 9.17) is 4.74 Å². The Balaban J connectivity index is 3.80. The van der Waals surface area contributed by atoms with Crippen LogP contribution in [0.1, 0.15) is 33.6 Å². The minimum atomic E-state index is -3.94. The zero-order valence-electron chi connectivity index (χ0n) is 11.3. The van der Waals surface area contributed by atoms with Crippen molar-refractivity contribution < 1.29 is 27.1 Å². The van der Waals surface area contributed by atoms with Crippen molar-refractivity contribution in [2.24, 2.45) is 5.92 Å². The third-order valence-corrected chi connectivity index (χ3v) is 3.45. The van der Waals surface area contributed by atoms with Crippen LogP contribution in [0.4, 0.5) is 17.6 Å². The summed E-state index contributed by atoms with van der Waals surface area (Å²) in [5.74, 6) is -3.90. The van der Waals surface area contributed by atoms with Crippen LogP contribution in [0.15, 0.2) is 0 Å². The monoisotopic (exact) mass is 304 g/mol. The van der Waals surface area contributed by atoms with Gasteiger partial charge in [0, 0.05) is 6.42 Å². The maximum atomic E-state index is 12.6. The van der Waals surface area contributed by atoms with Crippen LogP contribution >= 0.6 is 11.8 Å². The molecule has 114 valence electrons. The van der Waals surface area contributed by atoms with Gasteiger partial charge in [0.1, 0.15) is 0 Å². The highest BCUT2D eigenvalue weighted by atomic mass is 32.2. The fourth-order valence-electron chi connectivity index (χ4n) is 1.11. The van der Waals surface area contributed by atoms with Crippen molar-refractivity contribution in [3.8, 4) is 0 Å². The van der Waals surface area contributed by atoms with Gasteiger partial charge in [0.2, 0.25) is 0 Å². The number of rotatable bonds is 9. The minimum Gasteiger partial charge on any atom is -0.465 e. The first-order chi connectivity index (χ1) is 8.66. The van der Waals surface area contributed by atoms with E-state index in [9.17, 15) is 22.4 Å². The molecule has 0 aliphatic carbocycles. The van der Waals surface area contributed by atoms with E-state index in [1.807, 2.05) is 13.8 Å². The Hall–Kier alpha value is -0.460. The van der Waals surface area contributed by atoms with Crippen LogP contribution in [0.5, 0.6) is 0 Å². The summed E-state index contributed by atoms with van der Waals surface area (Å²) in [6.45, 7) is 5.72. The number of hydrogen-bond acceptors (Lipinski definition) is 3. The maximum Gasteiger partial charge on any atom is 0.318 e. The second kappa shape index (κ2) is 8.66. The van der Waals surface area contributed by atoms with Crippen LogP contribution in [-0.2, 0) is 9.53 Å². The molecular formula is C12H20F4O2S. The number of thioether (sulfide) groups is 1. The Morgan fingerprint density at radius 3 is 2.32 bits per heavy atom. The summed E-state index contributed by atoms with van der Waals surface area (Å²) in [5.41, 5.74) is 0. The van der Waals surface area contributed by atoms with Gasteiger partial charge in [-0.05, 0) is 25.0 Å². The SMILES string of the molecule is CC(C)COC(=O)C(C)SCCCC(F)(F)C(F)F. The normalized spacial score (nSPS) is 13.9. The smallest absolute Gasteiger partial charge is 0.318 e. The van der Waals surface area contributed by atoms with Crippen molar-refractivity contribution in [3.05, 3.63) is 0 Å². The van der Waals surface area contributed by atoms with Crippen molar-refractivity contribution >= 4 is 17.7 Å². The topological polar surface area (TPSA) is 26.3 Å². The quantitative estimate of drug-likeness (QED) is 0.366. The lowest BCUT2D eigenvalue weighted by Gasteiger charge is -2.16. The zero-order valence-corrected chi connectivity index (χ0v) is 12.1. The molecule has 0 N–H and O–H groups in total. The number of ether oxygens (including phenoxy) is 1. The number of alkyl halides is 4. The lowest BCUT2D eigenvalue weighted by molar-refractivity contribution is -0.143. The van der Waals surface area contributed by atoms with Gasteiger partial charge in [-0.25, -0.2) is 17.6 Å². The maximum absolute atomic E-state index is 12.6. The fourth-order valence-corrected chi connectivity index (χ4v) is 1.98. The number of carbonyl (C=O) groups is 1. The second-order valence-corrected chi connectivity index (χ2v) is 6.15. The highest BCUT2D eigenvalue weighted by molar-refractivity contribution is 8.00. The van der Waals surface area contributed by atoms with E-state index in [1.54, 1.807) is 6.92 Å². The van der Waals surface area contributed by atoms with Gasteiger partial charge in [-0.1, -0.05) is 13.8 Å². The molecule has 0 heterocycles. The average Bonchev–Trinajstić information content (AvgIpc) is 2.30. The Morgan fingerprint density at radius 1 is 1.26 bits per heavy atom. The molecule has 0 aromatic carbocycles. The van der Waals surface area contributed by atoms with Crippen LogP contribution in [-0.4, -0.2) is 35.9 Å². The molecule has 0 radical (unpaired) electrons. The molecule has 0 saturated heterocycles. The van der Waals surface area contributed by atoms with Crippen LogP contribution in [0.3, 0.4) is 0 Å². The summed E-state index contributed by atoms with van der Waals surface area (Å²) in [7, 11) is 0. The van der Waals surface area contributed by atoms with Crippen LogP contribution in [0.2, 0.25) is 0 Å². The van der Waals surface area contributed by atoms with Crippen molar-refractivity contribution in [1.82, 2.24) is 0 Å². The van der Waals surface area contributed by atoms with Crippen molar-refractivity contribution in [2.75, 3.05) is 12.4 Å². The van der Waals surface area contributed by atoms with Gasteiger partial charge in [-0.2, -0.15) is 0 Å². The standard InChI is InChI=1S/C12H20F4O2S/c1-8(2)7-18-10(17)9(3)19-6-4-5-12(15,16)11(13)14/h8-9,11H,4-7H2,1-3H3. The third-order valence-electron chi connectivity index (χ3n) is 2.23. The van der Waals surface area contributed by atoms with E-state index in [2.05, 4.69) is 0 Å². The Labute approximate surface area is 115 Å².